The SMILES string of the molecule is O=Cc1ccc(OCC(=O)Nc2ccnn2Cc2ccccc2Cl)cc1. The van der Waals surface area contributed by atoms with Gasteiger partial charge in [-0.25, -0.2) is 4.68 Å². The van der Waals surface area contributed by atoms with Crippen LogP contribution in [0.2, 0.25) is 5.02 Å². The zero-order chi connectivity index (χ0) is 18.4. The van der Waals surface area contributed by atoms with E-state index in [0.717, 1.165) is 11.8 Å². The molecular weight excluding hydrogens is 354 g/mol. The zero-order valence-corrected chi connectivity index (χ0v) is 14.5. The average molecular weight is 370 g/mol. The Balaban J connectivity index is 1.58. The third-order valence-corrected chi connectivity index (χ3v) is 4.02. The van der Waals surface area contributed by atoms with E-state index in [9.17, 15) is 9.59 Å². The minimum absolute atomic E-state index is 0.155. The van der Waals surface area contributed by atoms with Gasteiger partial charge in [-0.2, -0.15) is 5.10 Å². The van der Waals surface area contributed by atoms with Gasteiger partial charge in [0.25, 0.3) is 5.91 Å². The molecule has 2 aromatic carbocycles. The average Bonchev–Trinajstić information content (AvgIpc) is 3.09. The van der Waals surface area contributed by atoms with Crippen molar-refractivity contribution in [2.45, 2.75) is 6.54 Å². The van der Waals surface area contributed by atoms with E-state index in [2.05, 4.69) is 10.4 Å². The smallest absolute Gasteiger partial charge is 0.263 e. The van der Waals surface area contributed by atoms with Gasteiger partial charge in [0.1, 0.15) is 17.9 Å². The molecule has 0 unspecified atom stereocenters. The number of amides is 1. The summed E-state index contributed by atoms with van der Waals surface area (Å²) >= 11 is 6.17. The summed E-state index contributed by atoms with van der Waals surface area (Å²) in [6.07, 6.45) is 2.35. The molecule has 0 spiro atoms. The van der Waals surface area contributed by atoms with Crippen LogP contribution in [0.5, 0.6) is 5.75 Å². The highest BCUT2D eigenvalue weighted by molar-refractivity contribution is 6.31. The molecule has 1 aromatic heterocycles. The molecule has 0 aliphatic rings. The fourth-order valence-electron chi connectivity index (χ4n) is 2.32. The first-order valence-corrected chi connectivity index (χ1v) is 8.26. The van der Waals surface area contributed by atoms with Crippen molar-refractivity contribution in [2.75, 3.05) is 11.9 Å². The second kappa shape index (κ2) is 8.31. The summed E-state index contributed by atoms with van der Waals surface area (Å²) in [7, 11) is 0. The van der Waals surface area contributed by atoms with Crippen molar-refractivity contribution in [1.82, 2.24) is 9.78 Å². The highest BCUT2D eigenvalue weighted by Gasteiger charge is 2.10. The van der Waals surface area contributed by atoms with Gasteiger partial charge in [0, 0.05) is 16.7 Å². The molecule has 26 heavy (non-hydrogen) atoms. The largest absolute Gasteiger partial charge is 0.484 e. The van der Waals surface area contributed by atoms with Crippen LogP contribution in [0.1, 0.15) is 15.9 Å². The van der Waals surface area contributed by atoms with Gasteiger partial charge in [-0.05, 0) is 35.9 Å². The molecule has 3 aromatic rings. The number of aldehydes is 1. The summed E-state index contributed by atoms with van der Waals surface area (Å²) in [6, 6.07) is 15.7. The Morgan fingerprint density at radius 1 is 1.15 bits per heavy atom. The first-order valence-electron chi connectivity index (χ1n) is 7.89. The van der Waals surface area contributed by atoms with Crippen molar-refractivity contribution in [1.29, 1.82) is 0 Å². The number of hydrogen-bond acceptors (Lipinski definition) is 4. The number of benzene rings is 2. The first kappa shape index (κ1) is 17.7. The molecule has 0 radical (unpaired) electrons. The Kier molecular flexibility index (Phi) is 5.66. The minimum atomic E-state index is -0.314. The maximum Gasteiger partial charge on any atom is 0.263 e. The monoisotopic (exact) mass is 369 g/mol. The van der Waals surface area contributed by atoms with Gasteiger partial charge in [-0.3, -0.25) is 9.59 Å². The molecule has 132 valence electrons. The second-order valence-electron chi connectivity index (χ2n) is 5.49. The molecule has 0 saturated carbocycles. The van der Waals surface area contributed by atoms with Gasteiger partial charge in [-0.1, -0.05) is 29.8 Å². The van der Waals surface area contributed by atoms with E-state index in [4.69, 9.17) is 16.3 Å². The topological polar surface area (TPSA) is 73.2 Å². The van der Waals surface area contributed by atoms with E-state index in [1.807, 2.05) is 24.3 Å². The number of nitrogens with zero attached hydrogens (tertiary/aromatic N) is 2. The quantitative estimate of drug-likeness (QED) is 0.648. The number of hydrogen-bond donors (Lipinski definition) is 1. The van der Waals surface area contributed by atoms with Crippen LogP contribution in [0, 0.1) is 0 Å². The van der Waals surface area contributed by atoms with Crippen molar-refractivity contribution < 1.29 is 14.3 Å². The van der Waals surface area contributed by atoms with Crippen molar-refractivity contribution in [3.63, 3.8) is 0 Å². The highest BCUT2D eigenvalue weighted by Crippen LogP contribution is 2.18. The van der Waals surface area contributed by atoms with Crippen molar-refractivity contribution in [2.24, 2.45) is 0 Å². The number of anilines is 1. The molecule has 1 N–H and O–H groups in total. The van der Waals surface area contributed by atoms with E-state index in [0.29, 0.717) is 28.7 Å². The Hall–Kier alpha value is -3.12. The van der Waals surface area contributed by atoms with Gasteiger partial charge in [0.2, 0.25) is 0 Å². The fraction of sp³-hybridized carbons (Fsp3) is 0.105. The van der Waals surface area contributed by atoms with Crippen LogP contribution in [-0.2, 0) is 11.3 Å². The second-order valence-corrected chi connectivity index (χ2v) is 5.90. The highest BCUT2D eigenvalue weighted by atomic mass is 35.5. The van der Waals surface area contributed by atoms with Crippen LogP contribution in [0.3, 0.4) is 0 Å². The normalized spacial score (nSPS) is 10.3. The van der Waals surface area contributed by atoms with Gasteiger partial charge in [0.15, 0.2) is 6.61 Å². The lowest BCUT2D eigenvalue weighted by Crippen LogP contribution is -2.22. The lowest BCUT2D eigenvalue weighted by atomic mass is 10.2. The number of carbonyl (C=O) groups is 2. The molecule has 0 saturated heterocycles. The Morgan fingerprint density at radius 2 is 1.92 bits per heavy atom. The molecule has 7 heteroatoms. The van der Waals surface area contributed by atoms with Gasteiger partial charge >= 0.3 is 0 Å². The van der Waals surface area contributed by atoms with Crippen LogP contribution in [0.25, 0.3) is 0 Å². The number of carbonyl (C=O) groups excluding carboxylic acids is 2. The van der Waals surface area contributed by atoms with Gasteiger partial charge < -0.3 is 10.1 Å². The molecule has 1 heterocycles. The molecule has 1 amide bonds. The zero-order valence-electron chi connectivity index (χ0n) is 13.8. The third-order valence-electron chi connectivity index (χ3n) is 3.65. The molecule has 6 nitrogen and oxygen atoms in total. The predicted molar refractivity (Wildman–Crippen MR) is 98.7 cm³/mol. The molecular formula is C19H16ClN3O3. The van der Waals surface area contributed by atoms with E-state index in [-0.39, 0.29) is 12.5 Å². The molecule has 0 fully saturated rings. The Morgan fingerprint density at radius 3 is 2.65 bits per heavy atom. The van der Waals surface area contributed by atoms with Crippen molar-refractivity contribution in [3.05, 3.63) is 76.9 Å². The van der Waals surface area contributed by atoms with E-state index >= 15 is 0 Å². The number of rotatable bonds is 7. The molecule has 0 atom stereocenters. The number of ether oxygens (including phenoxy) is 1. The van der Waals surface area contributed by atoms with Crippen LogP contribution in [-0.4, -0.2) is 28.6 Å². The maximum absolute atomic E-state index is 12.1. The molecule has 0 bridgehead atoms. The number of nitrogens with one attached hydrogen (secondary N) is 1. The summed E-state index contributed by atoms with van der Waals surface area (Å²) in [5.74, 6) is 0.746. The maximum atomic E-state index is 12.1. The summed E-state index contributed by atoms with van der Waals surface area (Å²) in [5, 5.41) is 7.61. The molecule has 3 rings (SSSR count). The van der Waals surface area contributed by atoms with E-state index in [1.165, 1.54) is 0 Å². The number of halogens is 1. The number of aromatic nitrogens is 2. The molecule has 0 aliphatic carbocycles. The van der Waals surface area contributed by atoms with Gasteiger partial charge in [0.05, 0.1) is 12.7 Å². The summed E-state index contributed by atoms with van der Waals surface area (Å²) in [5.41, 5.74) is 1.45. The standard InChI is InChI=1S/C19H16ClN3O3/c20-17-4-2-1-3-15(17)11-23-18(9-10-21-23)22-19(25)13-26-16-7-5-14(12-24)6-8-16/h1-10,12H,11,13H2,(H,22,25). The van der Waals surface area contributed by atoms with Gasteiger partial charge in [-0.15, -0.1) is 0 Å². The summed E-state index contributed by atoms with van der Waals surface area (Å²) in [6.45, 7) is 0.286. The minimum Gasteiger partial charge on any atom is -0.484 e. The summed E-state index contributed by atoms with van der Waals surface area (Å²) in [4.78, 5) is 22.7. The Bertz CT molecular complexity index is 906. The lowest BCUT2D eigenvalue weighted by Gasteiger charge is -2.11. The summed E-state index contributed by atoms with van der Waals surface area (Å²) < 4.78 is 7.07. The van der Waals surface area contributed by atoms with Crippen LogP contribution in [0.15, 0.2) is 60.8 Å². The Labute approximate surface area is 155 Å². The van der Waals surface area contributed by atoms with Crippen LogP contribution >= 0.6 is 11.6 Å². The van der Waals surface area contributed by atoms with E-state index in [1.54, 1.807) is 41.2 Å². The van der Waals surface area contributed by atoms with Crippen LogP contribution < -0.4 is 10.1 Å². The van der Waals surface area contributed by atoms with E-state index < -0.39 is 0 Å². The van der Waals surface area contributed by atoms with Crippen molar-refractivity contribution >= 4 is 29.6 Å². The third kappa shape index (κ3) is 4.49. The predicted octanol–water partition coefficient (Wildman–Crippen LogP) is 3.41. The first-order chi connectivity index (χ1) is 12.7. The molecule has 0 aliphatic heterocycles. The fourth-order valence-corrected chi connectivity index (χ4v) is 2.52. The van der Waals surface area contributed by atoms with Crippen LogP contribution in [0.4, 0.5) is 5.82 Å². The van der Waals surface area contributed by atoms with Crippen molar-refractivity contribution in [3.8, 4) is 5.75 Å². The lowest BCUT2D eigenvalue weighted by molar-refractivity contribution is -0.118.